The molecule has 1 atom stereocenters. The first-order valence-electron chi connectivity index (χ1n) is 6.03. The number of alkyl halides is 1. The molecule has 0 aliphatic rings. The lowest BCUT2D eigenvalue weighted by atomic mass is 10.1. The number of rotatable bonds is 6. The summed E-state index contributed by atoms with van der Waals surface area (Å²) in [4.78, 5) is 0. The molecule has 1 N–H and O–H groups in total. The second kappa shape index (κ2) is 7.00. The van der Waals surface area contributed by atoms with E-state index in [2.05, 4.69) is 26.1 Å². The molecule has 0 radical (unpaired) electrons. The standard InChI is InChI=1S/C14H22ClNO/c1-14(2,3)17-10-9-16-11-13(15)12-7-5-4-6-8-12/h4-8,13,16H,9-11H2,1-3H3. The van der Waals surface area contributed by atoms with Crippen LogP contribution in [0.4, 0.5) is 0 Å². The molecule has 0 saturated heterocycles. The number of ether oxygens (including phenoxy) is 1. The van der Waals surface area contributed by atoms with Crippen molar-refractivity contribution in [2.24, 2.45) is 0 Å². The first kappa shape index (κ1) is 14.5. The van der Waals surface area contributed by atoms with E-state index in [0.29, 0.717) is 6.61 Å². The van der Waals surface area contributed by atoms with Crippen molar-refractivity contribution in [3.8, 4) is 0 Å². The first-order chi connectivity index (χ1) is 7.99. The Bertz CT molecular complexity index is 308. The van der Waals surface area contributed by atoms with Crippen LogP contribution < -0.4 is 5.32 Å². The van der Waals surface area contributed by atoms with Crippen LogP contribution >= 0.6 is 11.6 Å². The molecule has 0 fully saturated rings. The maximum absolute atomic E-state index is 6.27. The quantitative estimate of drug-likeness (QED) is 0.622. The molecule has 1 aromatic rings. The number of nitrogens with one attached hydrogen (secondary N) is 1. The summed E-state index contributed by atoms with van der Waals surface area (Å²) in [6, 6.07) is 10.1. The van der Waals surface area contributed by atoms with Crippen LogP contribution in [0.5, 0.6) is 0 Å². The van der Waals surface area contributed by atoms with Gasteiger partial charge in [-0.1, -0.05) is 30.3 Å². The Labute approximate surface area is 109 Å². The topological polar surface area (TPSA) is 21.3 Å². The highest BCUT2D eigenvalue weighted by Crippen LogP contribution is 2.18. The van der Waals surface area contributed by atoms with Crippen LogP contribution in [-0.4, -0.2) is 25.3 Å². The Morgan fingerprint density at radius 3 is 2.47 bits per heavy atom. The lowest BCUT2D eigenvalue weighted by Gasteiger charge is -2.20. The molecule has 0 aliphatic heterocycles. The third-order valence-electron chi connectivity index (χ3n) is 2.30. The maximum Gasteiger partial charge on any atom is 0.0709 e. The molecule has 0 spiro atoms. The third-order valence-corrected chi connectivity index (χ3v) is 2.71. The van der Waals surface area contributed by atoms with Gasteiger partial charge in [0, 0.05) is 13.1 Å². The summed E-state index contributed by atoms with van der Waals surface area (Å²) in [6.45, 7) is 8.47. The van der Waals surface area contributed by atoms with E-state index in [1.165, 1.54) is 0 Å². The molecule has 1 aromatic carbocycles. The summed E-state index contributed by atoms with van der Waals surface area (Å²) in [5.41, 5.74) is 1.08. The third kappa shape index (κ3) is 6.67. The van der Waals surface area contributed by atoms with Crippen LogP contribution in [0.3, 0.4) is 0 Å². The molecular weight excluding hydrogens is 234 g/mol. The summed E-state index contributed by atoms with van der Waals surface area (Å²) in [7, 11) is 0. The highest BCUT2D eigenvalue weighted by molar-refractivity contribution is 6.21. The van der Waals surface area contributed by atoms with Crippen molar-refractivity contribution in [1.82, 2.24) is 5.32 Å². The van der Waals surface area contributed by atoms with Gasteiger partial charge in [-0.3, -0.25) is 0 Å². The van der Waals surface area contributed by atoms with E-state index in [1.807, 2.05) is 30.3 Å². The molecule has 1 rings (SSSR count). The number of hydrogen-bond donors (Lipinski definition) is 1. The summed E-state index contributed by atoms with van der Waals surface area (Å²) < 4.78 is 5.61. The Balaban J connectivity index is 2.15. The van der Waals surface area contributed by atoms with Crippen LogP contribution in [0, 0.1) is 0 Å². The van der Waals surface area contributed by atoms with Crippen LogP contribution in [0.1, 0.15) is 31.7 Å². The van der Waals surface area contributed by atoms with Crippen LogP contribution in [-0.2, 0) is 4.74 Å². The van der Waals surface area contributed by atoms with E-state index >= 15 is 0 Å². The Morgan fingerprint density at radius 2 is 1.88 bits per heavy atom. The van der Waals surface area contributed by atoms with Gasteiger partial charge in [0.15, 0.2) is 0 Å². The fraction of sp³-hybridized carbons (Fsp3) is 0.571. The van der Waals surface area contributed by atoms with Crippen LogP contribution in [0.2, 0.25) is 0 Å². The van der Waals surface area contributed by atoms with Crippen LogP contribution in [0.15, 0.2) is 30.3 Å². The molecule has 0 aliphatic carbocycles. The molecule has 3 heteroatoms. The summed E-state index contributed by atoms with van der Waals surface area (Å²) in [5, 5.41) is 3.32. The predicted octanol–water partition coefficient (Wildman–Crippen LogP) is 3.37. The minimum atomic E-state index is -0.0680. The zero-order valence-electron chi connectivity index (χ0n) is 10.9. The Morgan fingerprint density at radius 1 is 1.24 bits per heavy atom. The average Bonchev–Trinajstić information content (AvgIpc) is 2.28. The zero-order valence-corrected chi connectivity index (χ0v) is 11.6. The highest BCUT2D eigenvalue weighted by Gasteiger charge is 2.09. The van der Waals surface area contributed by atoms with Gasteiger partial charge >= 0.3 is 0 Å². The normalized spacial score (nSPS) is 13.6. The second-order valence-corrected chi connectivity index (χ2v) is 5.57. The predicted molar refractivity (Wildman–Crippen MR) is 73.6 cm³/mol. The van der Waals surface area contributed by atoms with Gasteiger partial charge in [-0.05, 0) is 26.3 Å². The molecule has 0 amide bonds. The number of halogens is 1. The maximum atomic E-state index is 6.27. The zero-order chi connectivity index (χ0) is 12.7. The summed E-state index contributed by atoms with van der Waals surface area (Å²) in [5.74, 6) is 0. The fourth-order valence-corrected chi connectivity index (χ4v) is 1.69. The van der Waals surface area contributed by atoms with E-state index in [9.17, 15) is 0 Å². The van der Waals surface area contributed by atoms with Crippen molar-refractivity contribution in [2.45, 2.75) is 31.7 Å². The second-order valence-electron chi connectivity index (χ2n) is 5.04. The van der Waals surface area contributed by atoms with Crippen molar-refractivity contribution in [3.63, 3.8) is 0 Å². The minimum Gasteiger partial charge on any atom is -0.375 e. The van der Waals surface area contributed by atoms with Gasteiger partial charge in [0.05, 0.1) is 17.6 Å². The SMILES string of the molecule is CC(C)(C)OCCNCC(Cl)c1ccccc1. The van der Waals surface area contributed by atoms with E-state index < -0.39 is 0 Å². The minimum absolute atomic E-state index is 0.0193. The van der Waals surface area contributed by atoms with E-state index in [-0.39, 0.29) is 11.0 Å². The van der Waals surface area contributed by atoms with Crippen molar-refractivity contribution in [2.75, 3.05) is 19.7 Å². The molecule has 0 heterocycles. The molecule has 0 aromatic heterocycles. The van der Waals surface area contributed by atoms with Gasteiger partial charge in [-0.2, -0.15) is 0 Å². The van der Waals surface area contributed by atoms with Crippen LogP contribution in [0.25, 0.3) is 0 Å². The molecule has 2 nitrogen and oxygen atoms in total. The van der Waals surface area contributed by atoms with E-state index in [0.717, 1.165) is 18.7 Å². The molecule has 0 bridgehead atoms. The highest BCUT2D eigenvalue weighted by atomic mass is 35.5. The summed E-state index contributed by atoms with van der Waals surface area (Å²) in [6.07, 6.45) is 0. The molecule has 17 heavy (non-hydrogen) atoms. The molecule has 0 saturated carbocycles. The van der Waals surface area contributed by atoms with E-state index in [4.69, 9.17) is 16.3 Å². The largest absolute Gasteiger partial charge is 0.375 e. The summed E-state index contributed by atoms with van der Waals surface area (Å²) >= 11 is 6.27. The number of benzene rings is 1. The first-order valence-corrected chi connectivity index (χ1v) is 6.46. The van der Waals surface area contributed by atoms with Crippen molar-refractivity contribution in [3.05, 3.63) is 35.9 Å². The van der Waals surface area contributed by atoms with Gasteiger partial charge in [0.1, 0.15) is 0 Å². The van der Waals surface area contributed by atoms with Gasteiger partial charge in [0.25, 0.3) is 0 Å². The van der Waals surface area contributed by atoms with Crippen molar-refractivity contribution < 1.29 is 4.74 Å². The molecule has 96 valence electrons. The molecular formula is C14H22ClNO. The van der Waals surface area contributed by atoms with E-state index in [1.54, 1.807) is 0 Å². The fourth-order valence-electron chi connectivity index (χ4n) is 1.44. The number of hydrogen-bond acceptors (Lipinski definition) is 2. The lowest BCUT2D eigenvalue weighted by Crippen LogP contribution is -2.28. The lowest BCUT2D eigenvalue weighted by molar-refractivity contribution is -0.000729. The van der Waals surface area contributed by atoms with Crippen molar-refractivity contribution >= 4 is 11.6 Å². The van der Waals surface area contributed by atoms with Gasteiger partial charge < -0.3 is 10.1 Å². The smallest absolute Gasteiger partial charge is 0.0709 e. The average molecular weight is 256 g/mol. The Hall–Kier alpha value is -0.570. The monoisotopic (exact) mass is 255 g/mol. The van der Waals surface area contributed by atoms with Crippen molar-refractivity contribution in [1.29, 1.82) is 0 Å². The van der Waals surface area contributed by atoms with Gasteiger partial charge in [0.2, 0.25) is 0 Å². The van der Waals surface area contributed by atoms with Gasteiger partial charge in [-0.15, -0.1) is 11.6 Å². The van der Waals surface area contributed by atoms with Gasteiger partial charge in [-0.25, -0.2) is 0 Å². The molecule has 1 unspecified atom stereocenters. The Kier molecular flexibility index (Phi) is 5.96.